The van der Waals surface area contributed by atoms with Gasteiger partial charge in [0.1, 0.15) is 0 Å². The van der Waals surface area contributed by atoms with Gasteiger partial charge >= 0.3 is 5.97 Å². The van der Waals surface area contributed by atoms with Crippen LogP contribution >= 0.6 is 0 Å². The molecule has 0 spiro atoms. The molecule has 1 atom stereocenters. The maximum atomic E-state index is 12.5. The van der Waals surface area contributed by atoms with Crippen LogP contribution in [-0.2, 0) is 9.53 Å². The van der Waals surface area contributed by atoms with Crippen LogP contribution in [0.4, 0.5) is 0 Å². The van der Waals surface area contributed by atoms with E-state index in [-0.39, 0.29) is 19.1 Å². The molecule has 1 amide bonds. The SMILES string of the molecule is Cc1noc(-c2ccc(C(=O)N3CCOC[C@@H]3C(=O)O)cc2)n1. The van der Waals surface area contributed by atoms with Crippen LogP contribution in [0.25, 0.3) is 11.5 Å². The summed E-state index contributed by atoms with van der Waals surface area (Å²) in [4.78, 5) is 29.2. The van der Waals surface area contributed by atoms with E-state index in [1.165, 1.54) is 4.90 Å². The number of carboxylic acid groups (broad SMARTS) is 1. The number of aromatic nitrogens is 2. The Hall–Kier alpha value is -2.74. The van der Waals surface area contributed by atoms with Gasteiger partial charge in [0.2, 0.25) is 0 Å². The van der Waals surface area contributed by atoms with Gasteiger partial charge in [-0.1, -0.05) is 5.16 Å². The first-order valence-electron chi connectivity index (χ1n) is 7.08. The van der Waals surface area contributed by atoms with Crippen molar-refractivity contribution < 1.29 is 24.0 Å². The Balaban J connectivity index is 1.80. The molecule has 1 aliphatic rings. The molecule has 0 aliphatic carbocycles. The molecule has 1 fully saturated rings. The third-order valence-corrected chi connectivity index (χ3v) is 3.58. The molecule has 120 valence electrons. The highest BCUT2D eigenvalue weighted by Gasteiger charge is 2.33. The Morgan fingerprint density at radius 3 is 2.65 bits per heavy atom. The van der Waals surface area contributed by atoms with Gasteiger partial charge in [-0.25, -0.2) is 4.79 Å². The lowest BCUT2D eigenvalue weighted by Crippen LogP contribution is -2.52. The van der Waals surface area contributed by atoms with Crippen molar-refractivity contribution >= 4 is 11.9 Å². The topological polar surface area (TPSA) is 106 Å². The molecule has 2 aromatic rings. The van der Waals surface area contributed by atoms with Crippen molar-refractivity contribution in [3.63, 3.8) is 0 Å². The maximum absolute atomic E-state index is 12.5. The van der Waals surface area contributed by atoms with Gasteiger partial charge in [-0.05, 0) is 31.2 Å². The number of ether oxygens (including phenoxy) is 1. The number of amides is 1. The second-order valence-electron chi connectivity index (χ2n) is 5.15. The highest BCUT2D eigenvalue weighted by atomic mass is 16.5. The number of carboxylic acids is 1. The Labute approximate surface area is 131 Å². The lowest BCUT2D eigenvalue weighted by molar-refractivity contribution is -0.147. The number of aryl methyl sites for hydroxylation is 1. The van der Waals surface area contributed by atoms with Crippen LogP contribution in [0.1, 0.15) is 16.2 Å². The van der Waals surface area contributed by atoms with Gasteiger partial charge in [0.05, 0.1) is 13.2 Å². The van der Waals surface area contributed by atoms with E-state index in [0.717, 1.165) is 0 Å². The zero-order chi connectivity index (χ0) is 16.4. The first-order valence-corrected chi connectivity index (χ1v) is 7.08. The van der Waals surface area contributed by atoms with E-state index in [4.69, 9.17) is 9.26 Å². The molecule has 0 saturated carbocycles. The van der Waals surface area contributed by atoms with Gasteiger partial charge in [-0.2, -0.15) is 4.98 Å². The van der Waals surface area contributed by atoms with Gasteiger partial charge in [-0.3, -0.25) is 4.79 Å². The predicted molar refractivity (Wildman–Crippen MR) is 77.8 cm³/mol. The highest BCUT2D eigenvalue weighted by Crippen LogP contribution is 2.19. The fraction of sp³-hybridized carbons (Fsp3) is 0.333. The molecule has 23 heavy (non-hydrogen) atoms. The molecule has 0 bridgehead atoms. The number of carbonyl (C=O) groups is 2. The van der Waals surface area contributed by atoms with Crippen LogP contribution in [0.3, 0.4) is 0 Å². The summed E-state index contributed by atoms with van der Waals surface area (Å²) in [6, 6.07) is 5.65. The Kier molecular flexibility index (Phi) is 4.07. The number of aliphatic carboxylic acids is 1. The zero-order valence-corrected chi connectivity index (χ0v) is 12.4. The number of benzene rings is 1. The summed E-state index contributed by atoms with van der Waals surface area (Å²) in [5.41, 5.74) is 1.09. The normalized spacial score (nSPS) is 18.0. The molecule has 1 aromatic carbocycles. The van der Waals surface area contributed by atoms with Crippen LogP contribution < -0.4 is 0 Å². The van der Waals surface area contributed by atoms with Crippen LogP contribution in [0.5, 0.6) is 0 Å². The van der Waals surface area contributed by atoms with Gasteiger partial charge in [0.15, 0.2) is 11.9 Å². The molecular weight excluding hydrogens is 302 g/mol. The molecule has 1 N–H and O–H groups in total. The first-order chi connectivity index (χ1) is 11.1. The predicted octanol–water partition coefficient (Wildman–Crippen LogP) is 0.971. The molecule has 0 unspecified atom stereocenters. The second-order valence-corrected chi connectivity index (χ2v) is 5.15. The lowest BCUT2D eigenvalue weighted by Gasteiger charge is -2.32. The van der Waals surface area contributed by atoms with E-state index in [0.29, 0.717) is 29.4 Å². The zero-order valence-electron chi connectivity index (χ0n) is 12.4. The van der Waals surface area contributed by atoms with Crippen molar-refractivity contribution in [3.05, 3.63) is 35.7 Å². The van der Waals surface area contributed by atoms with Crippen molar-refractivity contribution in [1.82, 2.24) is 15.0 Å². The minimum atomic E-state index is -1.07. The number of hydrogen-bond acceptors (Lipinski definition) is 6. The third kappa shape index (κ3) is 3.07. The van der Waals surface area contributed by atoms with Crippen LogP contribution in [-0.4, -0.2) is 57.8 Å². The number of rotatable bonds is 3. The molecule has 1 aromatic heterocycles. The summed E-state index contributed by atoms with van der Waals surface area (Å²) in [7, 11) is 0. The second kappa shape index (κ2) is 6.17. The average Bonchev–Trinajstić information content (AvgIpc) is 3.01. The summed E-state index contributed by atoms with van der Waals surface area (Å²) in [6.45, 7) is 2.30. The summed E-state index contributed by atoms with van der Waals surface area (Å²) in [6.07, 6.45) is 0. The van der Waals surface area contributed by atoms with Crippen LogP contribution in [0, 0.1) is 6.92 Å². The van der Waals surface area contributed by atoms with E-state index < -0.39 is 12.0 Å². The van der Waals surface area contributed by atoms with Crippen LogP contribution in [0.2, 0.25) is 0 Å². The number of hydrogen-bond donors (Lipinski definition) is 1. The van der Waals surface area contributed by atoms with Crippen molar-refractivity contribution in [3.8, 4) is 11.5 Å². The lowest BCUT2D eigenvalue weighted by atomic mass is 10.1. The summed E-state index contributed by atoms with van der Waals surface area (Å²) >= 11 is 0. The van der Waals surface area contributed by atoms with E-state index in [9.17, 15) is 14.7 Å². The van der Waals surface area contributed by atoms with E-state index in [2.05, 4.69) is 10.1 Å². The largest absolute Gasteiger partial charge is 0.480 e. The van der Waals surface area contributed by atoms with Crippen molar-refractivity contribution in [2.45, 2.75) is 13.0 Å². The highest BCUT2D eigenvalue weighted by molar-refractivity contribution is 5.97. The summed E-state index contributed by atoms with van der Waals surface area (Å²) in [5.74, 6) is -0.515. The van der Waals surface area contributed by atoms with E-state index >= 15 is 0 Å². The summed E-state index contributed by atoms with van der Waals surface area (Å²) in [5, 5.41) is 12.9. The van der Waals surface area contributed by atoms with Gasteiger partial charge in [-0.15, -0.1) is 0 Å². The number of morpholine rings is 1. The Morgan fingerprint density at radius 2 is 2.04 bits per heavy atom. The molecule has 0 radical (unpaired) electrons. The monoisotopic (exact) mass is 317 g/mol. The maximum Gasteiger partial charge on any atom is 0.328 e. The molecule has 2 heterocycles. The molecule has 1 aliphatic heterocycles. The molecule has 8 nitrogen and oxygen atoms in total. The summed E-state index contributed by atoms with van der Waals surface area (Å²) < 4.78 is 10.2. The van der Waals surface area contributed by atoms with E-state index in [1.54, 1.807) is 31.2 Å². The fourth-order valence-electron chi connectivity index (χ4n) is 2.39. The quantitative estimate of drug-likeness (QED) is 0.899. The fourth-order valence-corrected chi connectivity index (χ4v) is 2.39. The van der Waals surface area contributed by atoms with Crippen molar-refractivity contribution in [2.75, 3.05) is 19.8 Å². The standard InChI is InChI=1S/C15H15N3O5/c1-9-16-13(23-17-9)10-2-4-11(5-3-10)14(19)18-6-7-22-8-12(18)15(20)21/h2-5,12H,6-8H2,1H3,(H,20,21)/t12-/m1/s1. The molecule has 8 heteroatoms. The minimum Gasteiger partial charge on any atom is -0.480 e. The molecular formula is C15H15N3O5. The Morgan fingerprint density at radius 1 is 1.30 bits per heavy atom. The third-order valence-electron chi connectivity index (χ3n) is 3.58. The van der Waals surface area contributed by atoms with E-state index in [1.807, 2.05) is 0 Å². The van der Waals surface area contributed by atoms with Gasteiger partial charge in [0, 0.05) is 17.7 Å². The van der Waals surface area contributed by atoms with Crippen molar-refractivity contribution in [1.29, 1.82) is 0 Å². The Bertz CT molecular complexity index is 725. The number of nitrogens with zero attached hydrogens (tertiary/aromatic N) is 3. The van der Waals surface area contributed by atoms with Gasteiger partial charge in [0.25, 0.3) is 11.8 Å². The molecule has 3 rings (SSSR count). The smallest absolute Gasteiger partial charge is 0.328 e. The first kappa shape index (κ1) is 15.2. The van der Waals surface area contributed by atoms with Gasteiger partial charge < -0.3 is 19.3 Å². The average molecular weight is 317 g/mol. The minimum absolute atomic E-state index is 0.000415. The number of carbonyl (C=O) groups excluding carboxylic acids is 1. The molecule has 1 saturated heterocycles. The van der Waals surface area contributed by atoms with Crippen molar-refractivity contribution in [2.24, 2.45) is 0 Å². The van der Waals surface area contributed by atoms with Crippen LogP contribution in [0.15, 0.2) is 28.8 Å².